The second-order valence-electron chi connectivity index (χ2n) is 20.3. The van der Waals surface area contributed by atoms with Crippen LogP contribution in [0, 0.1) is 23.2 Å². The minimum Gasteiger partial charge on any atom is -0.464 e. The molecule has 1 aromatic carbocycles. The van der Waals surface area contributed by atoms with E-state index >= 15 is 4.79 Å². The van der Waals surface area contributed by atoms with E-state index in [-0.39, 0.29) is 48.3 Å². The summed E-state index contributed by atoms with van der Waals surface area (Å²) >= 11 is 1.47. The van der Waals surface area contributed by atoms with E-state index < -0.39 is 35.7 Å². The van der Waals surface area contributed by atoms with Crippen molar-refractivity contribution < 1.29 is 28.2 Å². The molecule has 5 fully saturated rings. The van der Waals surface area contributed by atoms with Crippen LogP contribution in [0.1, 0.15) is 108 Å². The SMILES string of the molecule is CO[C@@H](C)c1ncccc1-c1c2c3cc(ccc3n1C1CN(C3CC3)C1)-c1csc(n1)[C@@H](N1CCC(F)CC1)[C@H](NC(=O)C1[C@@H](C)[C@H]1C)C(=O)N1CCC[C@H](N1)C(=O)OCC(C)(C)C2. The van der Waals surface area contributed by atoms with Crippen molar-refractivity contribution in [3.8, 4) is 22.5 Å². The van der Waals surface area contributed by atoms with Crippen molar-refractivity contribution in [2.75, 3.05) is 46.4 Å². The predicted molar refractivity (Wildman–Crippen MR) is 244 cm³/mol. The molecule has 2 aliphatic carbocycles. The number of fused-ring (bicyclic) bond motifs is 6. The Morgan fingerprint density at radius 1 is 1.03 bits per heavy atom. The number of halogens is 1. The highest BCUT2D eigenvalue weighted by atomic mass is 32.1. The van der Waals surface area contributed by atoms with Crippen LogP contribution in [0.5, 0.6) is 0 Å². The fourth-order valence-corrected chi connectivity index (χ4v) is 11.9. The van der Waals surface area contributed by atoms with Crippen molar-refractivity contribution in [1.29, 1.82) is 0 Å². The van der Waals surface area contributed by atoms with Gasteiger partial charge in [-0.25, -0.2) is 14.8 Å². The van der Waals surface area contributed by atoms with Crippen LogP contribution < -0.4 is 10.7 Å². The molecule has 0 spiro atoms. The molecule has 3 aromatic heterocycles. The van der Waals surface area contributed by atoms with Gasteiger partial charge in [0.05, 0.1) is 41.9 Å². The standard InChI is InChI=1S/C49H63FN8O5S/c1-27-28(2)40(27)45(59)53-42-44(55-19-15-31(50)16-20-55)46-52-38(25-64-46)30-11-14-39-35(21-30)36(22-49(4,5)26-63-48(61)37-10-8-18-57(54-37)47(42)60)43(34-9-7-17-51-41(34)29(3)62-6)58(39)33-23-56(24-33)32-12-13-32/h7,9,11,14,17,21,25,27-29,31-33,37,40,42,44,54H,8,10,12-13,15-16,18-20,22-24,26H2,1-6H3,(H,53,59)/t27-,28+,29-,37-,40?,42-,44-/m0/s1. The Labute approximate surface area is 379 Å². The monoisotopic (exact) mass is 894 g/mol. The Morgan fingerprint density at radius 3 is 2.52 bits per heavy atom. The molecule has 1 unspecified atom stereocenters. The number of hydrogen-bond donors (Lipinski definition) is 2. The van der Waals surface area contributed by atoms with Crippen LogP contribution >= 0.6 is 11.3 Å². The van der Waals surface area contributed by atoms with E-state index in [0.29, 0.717) is 62.8 Å². The average molecular weight is 895 g/mol. The summed E-state index contributed by atoms with van der Waals surface area (Å²) in [6.07, 6.45) is 5.49. The summed E-state index contributed by atoms with van der Waals surface area (Å²) in [6, 6.07) is 9.27. The summed E-state index contributed by atoms with van der Waals surface area (Å²) in [6.45, 7) is 13.7. The maximum atomic E-state index is 15.0. The van der Waals surface area contributed by atoms with Gasteiger partial charge in [0, 0.05) is 90.8 Å². The number of nitrogens with one attached hydrogen (secondary N) is 2. The van der Waals surface area contributed by atoms with E-state index in [9.17, 15) is 14.0 Å². The Kier molecular flexibility index (Phi) is 11.7. The highest BCUT2D eigenvalue weighted by Gasteiger charge is 2.51. The third kappa shape index (κ3) is 8.17. The van der Waals surface area contributed by atoms with Crippen LogP contribution in [0.2, 0.25) is 0 Å². The third-order valence-corrected chi connectivity index (χ3v) is 16.1. The van der Waals surface area contributed by atoms with Gasteiger partial charge < -0.3 is 19.4 Å². The molecule has 15 heteroatoms. The number of hydrazine groups is 1. The molecule has 2 amide bonds. The Hall–Kier alpha value is -4.28. The number of rotatable bonds is 8. The van der Waals surface area contributed by atoms with Crippen molar-refractivity contribution in [3.05, 3.63) is 58.2 Å². The van der Waals surface area contributed by atoms with Crippen molar-refractivity contribution >= 4 is 40.0 Å². The molecule has 4 aromatic rings. The molecule has 64 heavy (non-hydrogen) atoms. The normalized spacial score (nSPS) is 29.0. The highest BCUT2D eigenvalue weighted by molar-refractivity contribution is 7.10. The fraction of sp³-hybridized carbons (Fsp3) is 0.612. The predicted octanol–water partition coefficient (Wildman–Crippen LogP) is 7.04. The first-order valence-corrected chi connectivity index (χ1v) is 24.5. The number of piperidine rings is 1. The van der Waals surface area contributed by atoms with E-state index in [1.54, 1.807) is 7.11 Å². The number of carbonyl (C=O) groups excluding carboxylic acids is 3. The lowest BCUT2D eigenvalue weighted by Gasteiger charge is -2.42. The lowest BCUT2D eigenvalue weighted by Crippen LogP contribution is -2.63. The lowest BCUT2D eigenvalue weighted by molar-refractivity contribution is -0.156. The van der Waals surface area contributed by atoms with Crippen molar-refractivity contribution in [2.45, 2.75) is 122 Å². The molecular weight excluding hydrogens is 832 g/mol. The van der Waals surface area contributed by atoms with Crippen molar-refractivity contribution in [2.24, 2.45) is 23.2 Å². The smallest absolute Gasteiger partial charge is 0.324 e. The van der Waals surface area contributed by atoms with Crippen molar-refractivity contribution in [1.82, 2.24) is 40.1 Å². The maximum absolute atomic E-state index is 15.0. The number of ether oxygens (including phenoxy) is 2. The van der Waals surface area contributed by atoms with Gasteiger partial charge in [-0.1, -0.05) is 33.8 Å². The zero-order valence-electron chi connectivity index (χ0n) is 38.0. The van der Waals surface area contributed by atoms with E-state index in [0.717, 1.165) is 57.8 Å². The van der Waals surface area contributed by atoms with Crippen LogP contribution in [-0.2, 0) is 30.3 Å². The third-order valence-electron chi connectivity index (χ3n) is 15.2. The molecule has 10 rings (SSSR count). The van der Waals surface area contributed by atoms with Crippen LogP contribution in [0.3, 0.4) is 0 Å². The summed E-state index contributed by atoms with van der Waals surface area (Å²) in [4.78, 5) is 58.2. The molecule has 6 bridgehead atoms. The second kappa shape index (κ2) is 17.2. The number of pyridine rings is 1. The zero-order chi connectivity index (χ0) is 44.6. The number of alkyl halides is 1. The summed E-state index contributed by atoms with van der Waals surface area (Å²) in [5.74, 6) is -0.737. The van der Waals surface area contributed by atoms with Gasteiger partial charge in [-0.05, 0) is 93.5 Å². The van der Waals surface area contributed by atoms with Crippen LogP contribution in [0.4, 0.5) is 4.39 Å². The number of amides is 2. The lowest BCUT2D eigenvalue weighted by atomic mass is 9.84. The molecule has 7 atom stereocenters. The average Bonchev–Trinajstić information content (AvgIpc) is 4.13. The number of cyclic esters (lactones) is 1. The number of methoxy groups -OCH3 is 1. The number of nitrogens with zero attached hydrogens (tertiary/aromatic N) is 6. The zero-order valence-corrected chi connectivity index (χ0v) is 38.8. The van der Waals surface area contributed by atoms with Gasteiger partial charge in [0.1, 0.15) is 23.3 Å². The molecule has 2 saturated carbocycles. The molecule has 0 radical (unpaired) electrons. The first-order valence-electron chi connectivity index (χ1n) is 23.6. The van der Waals surface area contributed by atoms with E-state index in [1.165, 1.54) is 29.2 Å². The first-order chi connectivity index (χ1) is 30.8. The number of likely N-dealkylation sites (tertiary alicyclic amines) is 2. The van der Waals surface area contributed by atoms with Gasteiger partial charge in [0.15, 0.2) is 0 Å². The van der Waals surface area contributed by atoms with Gasteiger partial charge in [-0.15, -0.1) is 11.3 Å². The molecule has 2 N–H and O–H groups in total. The fourth-order valence-electron chi connectivity index (χ4n) is 10.9. The minimum absolute atomic E-state index is 0.162. The molecule has 4 aliphatic heterocycles. The summed E-state index contributed by atoms with van der Waals surface area (Å²) in [7, 11) is 1.72. The Morgan fingerprint density at radius 2 is 1.80 bits per heavy atom. The molecule has 7 heterocycles. The van der Waals surface area contributed by atoms with Gasteiger partial charge in [-0.3, -0.25) is 34.2 Å². The van der Waals surface area contributed by atoms with E-state index in [2.05, 4.69) is 82.4 Å². The highest BCUT2D eigenvalue weighted by Crippen LogP contribution is 2.48. The van der Waals surface area contributed by atoms with Gasteiger partial charge >= 0.3 is 5.97 Å². The first kappa shape index (κ1) is 43.6. The van der Waals surface area contributed by atoms with Crippen molar-refractivity contribution in [3.63, 3.8) is 0 Å². The second-order valence-corrected chi connectivity index (χ2v) is 21.2. The Balaban J connectivity index is 1.14. The number of esters is 1. The summed E-state index contributed by atoms with van der Waals surface area (Å²) < 4.78 is 29.5. The summed E-state index contributed by atoms with van der Waals surface area (Å²) in [5, 5.41) is 8.55. The Bertz CT molecular complexity index is 2410. The van der Waals surface area contributed by atoms with Gasteiger partial charge in [0.25, 0.3) is 5.91 Å². The molecule has 3 saturated heterocycles. The number of hydrogen-bond acceptors (Lipinski definition) is 11. The molecule has 6 aliphatic rings. The number of carbonyl (C=O) groups is 3. The minimum atomic E-state index is -1.03. The van der Waals surface area contributed by atoms with E-state index in [1.807, 2.05) is 19.2 Å². The van der Waals surface area contributed by atoms with E-state index in [4.69, 9.17) is 19.4 Å². The quantitative estimate of drug-likeness (QED) is 0.178. The van der Waals surface area contributed by atoms with Crippen LogP contribution in [-0.4, -0.2) is 118 Å². The van der Waals surface area contributed by atoms with Crippen LogP contribution in [0.25, 0.3) is 33.4 Å². The number of benzene rings is 1. The summed E-state index contributed by atoms with van der Waals surface area (Å²) in [5.41, 5.74) is 9.75. The molecule has 13 nitrogen and oxygen atoms in total. The maximum Gasteiger partial charge on any atom is 0.324 e. The van der Waals surface area contributed by atoms with Gasteiger partial charge in [0.2, 0.25) is 5.91 Å². The largest absolute Gasteiger partial charge is 0.464 e. The molecule has 342 valence electrons. The molecular formula is C49H63FN8O5S. The van der Waals surface area contributed by atoms with Crippen LogP contribution in [0.15, 0.2) is 41.9 Å². The topological polar surface area (TPSA) is 134 Å². The number of aromatic nitrogens is 3. The van der Waals surface area contributed by atoms with Gasteiger partial charge in [-0.2, -0.15) is 0 Å². The number of thiazole rings is 1.